The molecular weight excluding hydrogens is 273 g/mol. The lowest BCUT2D eigenvalue weighted by Crippen LogP contribution is -2.16. The standard InChI is InChI=1S/C12H9ClFN3O2/c1-19-8-4-2-3-7(14)10(8)11(18)16-9-5-6-15-12(13)17-9/h2-6H,1H3,(H,15,16,17,18). The molecule has 1 N–H and O–H groups in total. The Hall–Kier alpha value is -2.21. The largest absolute Gasteiger partial charge is 0.496 e. The van der Waals surface area contributed by atoms with Crippen molar-refractivity contribution in [3.05, 3.63) is 47.1 Å². The minimum Gasteiger partial charge on any atom is -0.496 e. The second-order valence-electron chi connectivity index (χ2n) is 3.48. The van der Waals surface area contributed by atoms with Crippen LogP contribution in [0.5, 0.6) is 5.75 Å². The Kier molecular flexibility index (Phi) is 3.91. The van der Waals surface area contributed by atoms with Gasteiger partial charge in [0.25, 0.3) is 5.91 Å². The molecule has 0 radical (unpaired) electrons. The van der Waals surface area contributed by atoms with E-state index in [2.05, 4.69) is 15.3 Å². The Bertz CT molecular complexity index is 622. The summed E-state index contributed by atoms with van der Waals surface area (Å²) in [6, 6.07) is 5.55. The monoisotopic (exact) mass is 281 g/mol. The van der Waals surface area contributed by atoms with Gasteiger partial charge in [0.05, 0.1) is 7.11 Å². The highest BCUT2D eigenvalue weighted by atomic mass is 35.5. The summed E-state index contributed by atoms with van der Waals surface area (Å²) in [5.74, 6) is -1.05. The number of nitrogens with zero attached hydrogens (tertiary/aromatic N) is 2. The normalized spacial score (nSPS) is 10.1. The number of benzene rings is 1. The third-order valence-corrected chi connectivity index (χ3v) is 2.47. The first kappa shape index (κ1) is 13.2. The van der Waals surface area contributed by atoms with Crippen molar-refractivity contribution in [3.8, 4) is 5.75 Å². The van der Waals surface area contributed by atoms with Crippen LogP contribution in [0.15, 0.2) is 30.5 Å². The van der Waals surface area contributed by atoms with Crippen molar-refractivity contribution in [2.45, 2.75) is 0 Å². The smallest absolute Gasteiger partial charge is 0.263 e. The van der Waals surface area contributed by atoms with Gasteiger partial charge in [-0.15, -0.1) is 0 Å². The van der Waals surface area contributed by atoms with Crippen molar-refractivity contribution in [3.63, 3.8) is 0 Å². The van der Waals surface area contributed by atoms with Gasteiger partial charge in [-0.1, -0.05) is 6.07 Å². The van der Waals surface area contributed by atoms with E-state index < -0.39 is 11.7 Å². The number of halogens is 2. The van der Waals surface area contributed by atoms with Crippen LogP contribution in [0.3, 0.4) is 0 Å². The first-order valence-corrected chi connectivity index (χ1v) is 5.62. The van der Waals surface area contributed by atoms with E-state index in [1.807, 2.05) is 0 Å². The van der Waals surface area contributed by atoms with Crippen molar-refractivity contribution >= 4 is 23.3 Å². The van der Waals surface area contributed by atoms with Gasteiger partial charge in [0.1, 0.15) is 22.9 Å². The fourth-order valence-electron chi connectivity index (χ4n) is 1.48. The van der Waals surface area contributed by atoms with Crippen LogP contribution in [0.4, 0.5) is 10.2 Å². The summed E-state index contributed by atoms with van der Waals surface area (Å²) in [6.45, 7) is 0. The van der Waals surface area contributed by atoms with Gasteiger partial charge in [-0.05, 0) is 29.8 Å². The lowest BCUT2D eigenvalue weighted by molar-refractivity contribution is 0.101. The van der Waals surface area contributed by atoms with Gasteiger partial charge in [-0.3, -0.25) is 4.79 Å². The van der Waals surface area contributed by atoms with Gasteiger partial charge >= 0.3 is 0 Å². The van der Waals surface area contributed by atoms with Crippen molar-refractivity contribution in [1.29, 1.82) is 0 Å². The Labute approximate surface area is 113 Å². The third kappa shape index (κ3) is 2.97. The van der Waals surface area contributed by atoms with Crippen LogP contribution < -0.4 is 10.1 Å². The number of carbonyl (C=O) groups excluding carboxylic acids is 1. The van der Waals surface area contributed by atoms with E-state index in [9.17, 15) is 9.18 Å². The fourth-order valence-corrected chi connectivity index (χ4v) is 1.63. The molecule has 0 fully saturated rings. The number of carbonyl (C=O) groups is 1. The summed E-state index contributed by atoms with van der Waals surface area (Å²) in [7, 11) is 1.35. The number of aromatic nitrogens is 2. The Morgan fingerprint density at radius 3 is 2.89 bits per heavy atom. The molecule has 98 valence electrons. The maximum atomic E-state index is 13.7. The van der Waals surface area contributed by atoms with E-state index in [0.29, 0.717) is 0 Å². The maximum Gasteiger partial charge on any atom is 0.263 e. The number of nitrogens with one attached hydrogen (secondary N) is 1. The molecule has 0 aliphatic heterocycles. The molecule has 0 unspecified atom stereocenters. The number of ether oxygens (including phenoxy) is 1. The second-order valence-corrected chi connectivity index (χ2v) is 3.82. The first-order valence-electron chi connectivity index (χ1n) is 5.24. The van der Waals surface area contributed by atoms with E-state index in [1.54, 1.807) is 0 Å². The highest BCUT2D eigenvalue weighted by Gasteiger charge is 2.18. The van der Waals surface area contributed by atoms with Gasteiger partial charge in [0, 0.05) is 6.20 Å². The molecule has 0 bridgehead atoms. The van der Waals surface area contributed by atoms with Crippen LogP contribution >= 0.6 is 11.6 Å². The summed E-state index contributed by atoms with van der Waals surface area (Å²) >= 11 is 5.59. The predicted octanol–water partition coefficient (Wildman–Crippen LogP) is 2.53. The fraction of sp³-hybridized carbons (Fsp3) is 0.0833. The predicted molar refractivity (Wildman–Crippen MR) is 67.9 cm³/mol. The summed E-state index contributed by atoms with van der Waals surface area (Å²) in [5, 5.41) is 2.40. The highest BCUT2D eigenvalue weighted by molar-refractivity contribution is 6.28. The van der Waals surface area contributed by atoms with Crippen LogP contribution in [-0.4, -0.2) is 23.0 Å². The van der Waals surface area contributed by atoms with E-state index >= 15 is 0 Å². The SMILES string of the molecule is COc1cccc(F)c1C(=O)Nc1ccnc(Cl)n1. The number of rotatable bonds is 3. The molecule has 0 aliphatic rings. The molecule has 7 heteroatoms. The summed E-state index contributed by atoms with van der Waals surface area (Å²) < 4.78 is 18.6. The van der Waals surface area contributed by atoms with Gasteiger partial charge in [0.2, 0.25) is 5.28 Å². The average molecular weight is 282 g/mol. The second kappa shape index (κ2) is 5.62. The minimum absolute atomic E-state index is 0.0155. The molecule has 1 amide bonds. The number of methoxy groups -OCH3 is 1. The molecule has 1 heterocycles. The van der Waals surface area contributed by atoms with Crippen LogP contribution in [0.1, 0.15) is 10.4 Å². The molecule has 1 aromatic carbocycles. The van der Waals surface area contributed by atoms with Gasteiger partial charge in [-0.25, -0.2) is 14.4 Å². The molecule has 2 aromatic rings. The maximum absolute atomic E-state index is 13.7. The Morgan fingerprint density at radius 2 is 2.21 bits per heavy atom. The van der Waals surface area contributed by atoms with Crippen molar-refractivity contribution in [2.24, 2.45) is 0 Å². The van der Waals surface area contributed by atoms with Crippen molar-refractivity contribution in [1.82, 2.24) is 9.97 Å². The van der Waals surface area contributed by atoms with E-state index in [0.717, 1.165) is 0 Å². The quantitative estimate of drug-likeness (QED) is 0.878. The molecular formula is C12H9ClFN3O2. The molecule has 0 saturated carbocycles. The Morgan fingerprint density at radius 1 is 1.42 bits per heavy atom. The number of hydrogen-bond acceptors (Lipinski definition) is 4. The molecule has 0 aliphatic carbocycles. The zero-order valence-corrected chi connectivity index (χ0v) is 10.6. The van der Waals surface area contributed by atoms with Gasteiger partial charge in [0.15, 0.2) is 0 Å². The van der Waals surface area contributed by atoms with Crippen molar-refractivity contribution in [2.75, 3.05) is 12.4 Å². The lowest BCUT2D eigenvalue weighted by atomic mass is 10.1. The van der Waals surface area contributed by atoms with E-state index in [-0.39, 0.29) is 22.4 Å². The highest BCUT2D eigenvalue weighted by Crippen LogP contribution is 2.22. The average Bonchev–Trinajstić information content (AvgIpc) is 2.38. The van der Waals surface area contributed by atoms with E-state index in [4.69, 9.17) is 16.3 Å². The van der Waals surface area contributed by atoms with Gasteiger partial charge in [-0.2, -0.15) is 0 Å². The van der Waals surface area contributed by atoms with Crippen LogP contribution in [0.25, 0.3) is 0 Å². The Balaban J connectivity index is 2.30. The van der Waals surface area contributed by atoms with Crippen LogP contribution in [0, 0.1) is 5.82 Å². The lowest BCUT2D eigenvalue weighted by Gasteiger charge is -2.09. The summed E-state index contributed by atoms with van der Waals surface area (Å²) in [5.41, 5.74) is -0.195. The molecule has 2 rings (SSSR count). The zero-order valence-electron chi connectivity index (χ0n) is 9.85. The minimum atomic E-state index is -0.683. The molecule has 0 saturated heterocycles. The van der Waals surface area contributed by atoms with Crippen molar-refractivity contribution < 1.29 is 13.9 Å². The number of hydrogen-bond donors (Lipinski definition) is 1. The summed E-state index contributed by atoms with van der Waals surface area (Å²) in [4.78, 5) is 19.4. The molecule has 0 spiro atoms. The topological polar surface area (TPSA) is 64.1 Å². The third-order valence-electron chi connectivity index (χ3n) is 2.29. The molecule has 0 atom stereocenters. The van der Waals surface area contributed by atoms with Gasteiger partial charge < -0.3 is 10.1 Å². The molecule has 5 nitrogen and oxygen atoms in total. The zero-order chi connectivity index (χ0) is 13.8. The van der Waals surface area contributed by atoms with Crippen LogP contribution in [0.2, 0.25) is 5.28 Å². The van der Waals surface area contributed by atoms with E-state index in [1.165, 1.54) is 37.6 Å². The molecule has 19 heavy (non-hydrogen) atoms. The molecule has 1 aromatic heterocycles. The number of anilines is 1. The number of amides is 1. The summed E-state index contributed by atoms with van der Waals surface area (Å²) in [6.07, 6.45) is 1.38. The van der Waals surface area contributed by atoms with Crippen LogP contribution in [-0.2, 0) is 0 Å². The first-order chi connectivity index (χ1) is 9.11.